The van der Waals surface area contributed by atoms with Gasteiger partial charge in [-0.3, -0.25) is 4.79 Å². The van der Waals surface area contributed by atoms with E-state index in [1.807, 2.05) is 33.0 Å². The van der Waals surface area contributed by atoms with Crippen LogP contribution >= 0.6 is 11.3 Å². The minimum absolute atomic E-state index is 0.0221. The van der Waals surface area contributed by atoms with E-state index in [0.29, 0.717) is 10.7 Å². The monoisotopic (exact) mass is 284 g/mol. The highest BCUT2D eigenvalue weighted by Crippen LogP contribution is 2.30. The Morgan fingerprint density at radius 3 is 2.21 bits per heavy atom. The van der Waals surface area contributed by atoms with Gasteiger partial charge in [0.05, 0.1) is 0 Å². The van der Waals surface area contributed by atoms with Crippen molar-refractivity contribution < 1.29 is 4.79 Å². The second kappa shape index (κ2) is 5.36. The number of nitrogen functional groups attached to an aromatic ring is 1. The first-order chi connectivity index (χ1) is 8.55. The van der Waals surface area contributed by atoms with E-state index in [2.05, 4.69) is 25.8 Å². The summed E-state index contributed by atoms with van der Waals surface area (Å²) in [5, 5.41) is 0.748. The molecule has 5 nitrogen and oxygen atoms in total. The summed E-state index contributed by atoms with van der Waals surface area (Å²) in [5.74, 6) is 0.247. The van der Waals surface area contributed by atoms with Crippen LogP contribution in [0.3, 0.4) is 0 Å². The summed E-state index contributed by atoms with van der Waals surface area (Å²) >= 11 is 1.33. The number of rotatable bonds is 3. The molecule has 1 aromatic heterocycles. The molecule has 0 radical (unpaired) electrons. The lowest BCUT2D eigenvalue weighted by molar-refractivity contribution is 0.0635. The van der Waals surface area contributed by atoms with Gasteiger partial charge in [0.15, 0.2) is 5.13 Å². The molecule has 0 spiro atoms. The molecule has 0 saturated carbocycles. The van der Waals surface area contributed by atoms with Crippen LogP contribution in [0.5, 0.6) is 0 Å². The fourth-order valence-electron chi connectivity index (χ4n) is 1.58. The summed E-state index contributed by atoms with van der Waals surface area (Å²) in [6, 6.07) is 0.115. The van der Waals surface area contributed by atoms with Gasteiger partial charge >= 0.3 is 0 Å². The number of aromatic nitrogens is 1. The number of carbonyl (C=O) groups is 1. The summed E-state index contributed by atoms with van der Waals surface area (Å²) in [5.41, 5.74) is 5.87. The third-order valence-corrected chi connectivity index (χ3v) is 4.60. The zero-order chi connectivity index (χ0) is 15.0. The van der Waals surface area contributed by atoms with E-state index >= 15 is 0 Å². The van der Waals surface area contributed by atoms with Gasteiger partial charge in [-0.25, -0.2) is 4.98 Å². The third-order valence-electron chi connectivity index (χ3n) is 3.37. The molecular weight excluding hydrogens is 260 g/mol. The molecule has 0 aliphatic rings. The standard InChI is InChI=1S/C13H24N4OS/c1-8(13(2,3)4)17(7)11(18)9-10(14)15-12(19-9)16(5)6/h8H,14H2,1-7H3. The predicted molar refractivity (Wildman–Crippen MR) is 81.9 cm³/mol. The number of hydrogen-bond donors (Lipinski definition) is 1. The van der Waals surface area contributed by atoms with Crippen molar-refractivity contribution in [2.45, 2.75) is 33.7 Å². The van der Waals surface area contributed by atoms with Crippen LogP contribution in [0.25, 0.3) is 0 Å². The van der Waals surface area contributed by atoms with Crippen molar-refractivity contribution in [3.63, 3.8) is 0 Å². The molecule has 1 unspecified atom stereocenters. The van der Waals surface area contributed by atoms with Gasteiger partial charge in [0.25, 0.3) is 5.91 Å². The van der Waals surface area contributed by atoms with Crippen molar-refractivity contribution >= 4 is 28.2 Å². The SMILES string of the molecule is CC(N(C)C(=O)c1sc(N(C)C)nc1N)C(C)(C)C. The van der Waals surface area contributed by atoms with E-state index in [0.717, 1.165) is 5.13 Å². The Bertz CT molecular complexity index is 462. The van der Waals surface area contributed by atoms with Gasteiger partial charge in [-0.2, -0.15) is 0 Å². The number of thiazole rings is 1. The van der Waals surface area contributed by atoms with E-state index in [4.69, 9.17) is 5.73 Å². The maximum atomic E-state index is 12.5. The van der Waals surface area contributed by atoms with Crippen LogP contribution in [0.2, 0.25) is 0 Å². The lowest BCUT2D eigenvalue weighted by atomic mass is 9.87. The van der Waals surface area contributed by atoms with Crippen LogP contribution in [0.15, 0.2) is 0 Å². The first-order valence-electron chi connectivity index (χ1n) is 6.26. The lowest BCUT2D eigenvalue weighted by Crippen LogP contribution is -2.42. The van der Waals surface area contributed by atoms with Crippen LogP contribution in [0.1, 0.15) is 37.4 Å². The minimum atomic E-state index is -0.0643. The van der Waals surface area contributed by atoms with Crippen LogP contribution in [0, 0.1) is 5.41 Å². The highest BCUT2D eigenvalue weighted by molar-refractivity contribution is 7.18. The number of hydrogen-bond acceptors (Lipinski definition) is 5. The molecule has 19 heavy (non-hydrogen) atoms. The highest BCUT2D eigenvalue weighted by atomic mass is 32.1. The second-order valence-electron chi connectivity index (χ2n) is 6.06. The van der Waals surface area contributed by atoms with Gasteiger partial charge < -0.3 is 15.5 Å². The first kappa shape index (κ1) is 15.8. The van der Waals surface area contributed by atoms with E-state index in [9.17, 15) is 4.79 Å². The van der Waals surface area contributed by atoms with Gasteiger partial charge in [0.1, 0.15) is 10.7 Å². The molecule has 1 aromatic rings. The second-order valence-corrected chi connectivity index (χ2v) is 7.04. The van der Waals surface area contributed by atoms with E-state index in [-0.39, 0.29) is 17.4 Å². The number of nitrogens with two attached hydrogens (primary N) is 1. The molecule has 0 saturated heterocycles. The molecule has 2 N–H and O–H groups in total. The fourth-order valence-corrected chi connectivity index (χ4v) is 2.47. The average molecular weight is 284 g/mol. The Balaban J connectivity index is 3.01. The fraction of sp³-hybridized carbons (Fsp3) is 0.692. The molecule has 0 aromatic carbocycles. The molecule has 0 aliphatic heterocycles. The van der Waals surface area contributed by atoms with Crippen LogP contribution in [-0.2, 0) is 0 Å². The summed E-state index contributed by atoms with van der Waals surface area (Å²) in [6.45, 7) is 8.39. The van der Waals surface area contributed by atoms with Crippen molar-refractivity contribution in [2.75, 3.05) is 31.8 Å². The van der Waals surface area contributed by atoms with Crippen LogP contribution in [-0.4, -0.2) is 43.0 Å². The topological polar surface area (TPSA) is 62.5 Å². The number of nitrogens with zero attached hydrogens (tertiary/aromatic N) is 3. The van der Waals surface area contributed by atoms with Gasteiger partial charge in [0.2, 0.25) is 0 Å². The Kier molecular flexibility index (Phi) is 4.45. The summed E-state index contributed by atoms with van der Waals surface area (Å²) < 4.78 is 0. The maximum Gasteiger partial charge on any atom is 0.267 e. The van der Waals surface area contributed by atoms with Crippen LogP contribution < -0.4 is 10.6 Å². The molecule has 0 fully saturated rings. The molecule has 1 rings (SSSR count). The average Bonchev–Trinajstić information content (AvgIpc) is 2.67. The number of carbonyl (C=O) groups excluding carboxylic acids is 1. The smallest absolute Gasteiger partial charge is 0.267 e. The third kappa shape index (κ3) is 3.37. The zero-order valence-electron chi connectivity index (χ0n) is 12.8. The first-order valence-corrected chi connectivity index (χ1v) is 7.08. The van der Waals surface area contributed by atoms with E-state index in [1.165, 1.54) is 11.3 Å². The van der Waals surface area contributed by atoms with Crippen molar-refractivity contribution in [2.24, 2.45) is 5.41 Å². The highest BCUT2D eigenvalue weighted by Gasteiger charge is 2.29. The molecular formula is C13H24N4OS. The normalized spacial score (nSPS) is 13.2. The van der Waals surface area contributed by atoms with Gasteiger partial charge in [0, 0.05) is 27.2 Å². The molecule has 6 heteroatoms. The molecule has 1 amide bonds. The van der Waals surface area contributed by atoms with Crippen molar-refractivity contribution in [1.29, 1.82) is 0 Å². The maximum absolute atomic E-state index is 12.5. The summed E-state index contributed by atoms with van der Waals surface area (Å²) in [4.78, 5) is 20.8. The van der Waals surface area contributed by atoms with Crippen molar-refractivity contribution in [1.82, 2.24) is 9.88 Å². The van der Waals surface area contributed by atoms with Gasteiger partial charge in [-0.15, -0.1) is 0 Å². The molecule has 1 atom stereocenters. The molecule has 1 heterocycles. The molecule has 108 valence electrons. The molecule has 0 bridgehead atoms. The van der Waals surface area contributed by atoms with Crippen molar-refractivity contribution in [3.05, 3.63) is 4.88 Å². The Morgan fingerprint density at radius 1 is 1.32 bits per heavy atom. The van der Waals surface area contributed by atoms with Gasteiger partial charge in [-0.1, -0.05) is 32.1 Å². The largest absolute Gasteiger partial charge is 0.382 e. The number of anilines is 2. The van der Waals surface area contributed by atoms with Gasteiger partial charge in [-0.05, 0) is 12.3 Å². The van der Waals surface area contributed by atoms with Crippen LogP contribution in [0.4, 0.5) is 10.9 Å². The Hall–Kier alpha value is -1.30. The van der Waals surface area contributed by atoms with Crippen molar-refractivity contribution in [3.8, 4) is 0 Å². The Labute approximate surface area is 119 Å². The summed E-state index contributed by atoms with van der Waals surface area (Å²) in [7, 11) is 5.58. The summed E-state index contributed by atoms with van der Waals surface area (Å²) in [6.07, 6.45) is 0. The van der Waals surface area contributed by atoms with E-state index in [1.54, 1.807) is 4.90 Å². The minimum Gasteiger partial charge on any atom is -0.382 e. The predicted octanol–water partition coefficient (Wildman–Crippen LogP) is 2.30. The Morgan fingerprint density at radius 2 is 1.84 bits per heavy atom. The van der Waals surface area contributed by atoms with E-state index < -0.39 is 0 Å². The quantitative estimate of drug-likeness (QED) is 0.925. The number of amides is 1. The molecule has 0 aliphatic carbocycles. The lowest BCUT2D eigenvalue weighted by Gasteiger charge is -2.35. The zero-order valence-corrected chi connectivity index (χ0v) is 13.6.